The summed E-state index contributed by atoms with van der Waals surface area (Å²) in [6.07, 6.45) is 2.63. The van der Waals surface area contributed by atoms with Gasteiger partial charge in [0.1, 0.15) is 11.5 Å². The molecule has 0 radical (unpaired) electrons. The fourth-order valence-electron chi connectivity index (χ4n) is 2.92. The third kappa shape index (κ3) is 4.21. The lowest BCUT2D eigenvalue weighted by molar-refractivity contribution is -0.134. The maximum absolute atomic E-state index is 12.5. The van der Waals surface area contributed by atoms with Gasteiger partial charge >= 0.3 is 0 Å². The third-order valence-electron chi connectivity index (χ3n) is 4.68. The molecule has 0 spiro atoms. The van der Waals surface area contributed by atoms with Crippen LogP contribution >= 0.6 is 11.3 Å². The van der Waals surface area contributed by atoms with E-state index in [2.05, 4.69) is 10.3 Å². The number of nitrogens with zero attached hydrogens (tertiary/aromatic N) is 2. The molecule has 4 rings (SSSR count). The van der Waals surface area contributed by atoms with Crippen LogP contribution in [0.2, 0.25) is 0 Å². The van der Waals surface area contributed by atoms with E-state index >= 15 is 0 Å². The van der Waals surface area contributed by atoms with Crippen molar-refractivity contribution in [2.75, 3.05) is 25.6 Å². The van der Waals surface area contributed by atoms with Crippen LogP contribution in [0, 0.1) is 5.92 Å². The number of rotatable bonds is 6. The number of benzene rings is 1. The fourth-order valence-corrected chi connectivity index (χ4v) is 3.95. The number of carbonyl (C=O) groups excluding carboxylic acids is 2. The molecule has 2 aliphatic rings. The average molecular weight is 387 g/mol. The van der Waals surface area contributed by atoms with Crippen molar-refractivity contribution >= 4 is 28.3 Å². The van der Waals surface area contributed by atoms with Crippen LogP contribution in [0.3, 0.4) is 0 Å². The van der Waals surface area contributed by atoms with Gasteiger partial charge in [-0.2, -0.15) is 0 Å². The minimum Gasteiger partial charge on any atom is -0.497 e. The topological polar surface area (TPSA) is 80.8 Å². The monoisotopic (exact) mass is 387 g/mol. The Bertz CT molecular complexity index is 845. The van der Waals surface area contributed by atoms with E-state index < -0.39 is 0 Å². The Morgan fingerprint density at radius 2 is 2.00 bits per heavy atom. The predicted molar refractivity (Wildman–Crippen MR) is 101 cm³/mol. The van der Waals surface area contributed by atoms with Crippen molar-refractivity contribution in [3.05, 3.63) is 34.8 Å². The average Bonchev–Trinajstić information content (AvgIpc) is 3.46. The Labute approximate surface area is 161 Å². The van der Waals surface area contributed by atoms with Gasteiger partial charge in [-0.15, -0.1) is 0 Å². The highest BCUT2D eigenvalue weighted by Crippen LogP contribution is 2.33. The zero-order valence-corrected chi connectivity index (χ0v) is 15.9. The van der Waals surface area contributed by atoms with Gasteiger partial charge in [0, 0.05) is 23.8 Å². The van der Waals surface area contributed by atoms with E-state index in [1.807, 2.05) is 0 Å². The molecule has 1 aromatic heterocycles. The molecule has 2 heterocycles. The van der Waals surface area contributed by atoms with E-state index in [4.69, 9.17) is 9.47 Å². The highest BCUT2D eigenvalue weighted by atomic mass is 32.1. The lowest BCUT2D eigenvalue weighted by Crippen LogP contribution is -2.38. The SMILES string of the molecule is COc1ccc(OCC(=O)N2CCc3nc(NC(=O)C4CC4)sc3C2)cc1. The molecule has 1 N–H and O–H groups in total. The zero-order valence-electron chi connectivity index (χ0n) is 15.1. The molecule has 1 aromatic carbocycles. The second-order valence-electron chi connectivity index (χ2n) is 6.68. The number of hydrogen-bond acceptors (Lipinski definition) is 6. The molecule has 2 aromatic rings. The number of anilines is 1. The molecule has 0 saturated heterocycles. The number of aromatic nitrogens is 1. The van der Waals surface area contributed by atoms with Crippen LogP contribution in [0.1, 0.15) is 23.4 Å². The van der Waals surface area contributed by atoms with Crippen LogP contribution in [-0.4, -0.2) is 42.0 Å². The van der Waals surface area contributed by atoms with Crippen molar-refractivity contribution in [2.45, 2.75) is 25.8 Å². The van der Waals surface area contributed by atoms with Crippen LogP contribution in [0.5, 0.6) is 11.5 Å². The minimum absolute atomic E-state index is 0.00820. The van der Waals surface area contributed by atoms with Crippen LogP contribution < -0.4 is 14.8 Å². The molecule has 0 bridgehead atoms. The maximum atomic E-state index is 12.5. The summed E-state index contributed by atoms with van der Waals surface area (Å²) in [4.78, 5) is 31.7. The van der Waals surface area contributed by atoms with Gasteiger partial charge in [0.05, 0.1) is 19.3 Å². The second kappa shape index (κ2) is 7.56. The first-order valence-corrected chi connectivity index (χ1v) is 9.78. The van der Waals surface area contributed by atoms with E-state index in [0.717, 1.165) is 29.2 Å². The summed E-state index contributed by atoms with van der Waals surface area (Å²) in [5.41, 5.74) is 0.978. The second-order valence-corrected chi connectivity index (χ2v) is 7.77. The van der Waals surface area contributed by atoms with Gasteiger partial charge in [0.2, 0.25) is 5.91 Å². The number of fused-ring (bicyclic) bond motifs is 1. The maximum Gasteiger partial charge on any atom is 0.260 e. The van der Waals surface area contributed by atoms with Gasteiger partial charge < -0.3 is 19.7 Å². The third-order valence-corrected chi connectivity index (χ3v) is 5.68. The summed E-state index contributed by atoms with van der Waals surface area (Å²) in [6, 6.07) is 7.14. The first kappa shape index (κ1) is 17.8. The quantitative estimate of drug-likeness (QED) is 0.824. The lowest BCUT2D eigenvalue weighted by atomic mass is 10.2. The largest absolute Gasteiger partial charge is 0.497 e. The molecule has 7 nitrogen and oxygen atoms in total. The van der Waals surface area contributed by atoms with Crippen LogP contribution in [0.25, 0.3) is 0 Å². The molecule has 2 amide bonds. The highest BCUT2D eigenvalue weighted by Gasteiger charge is 2.31. The normalized spacial score (nSPS) is 15.8. The smallest absolute Gasteiger partial charge is 0.260 e. The molecule has 27 heavy (non-hydrogen) atoms. The van der Waals surface area contributed by atoms with Gasteiger partial charge in [-0.25, -0.2) is 4.98 Å². The number of nitrogens with one attached hydrogen (secondary N) is 1. The van der Waals surface area contributed by atoms with Crippen molar-refractivity contribution < 1.29 is 19.1 Å². The van der Waals surface area contributed by atoms with Gasteiger partial charge in [0.15, 0.2) is 11.7 Å². The molecule has 1 fully saturated rings. The Hall–Kier alpha value is -2.61. The molecule has 1 aliphatic carbocycles. The molecule has 1 aliphatic heterocycles. The van der Waals surface area contributed by atoms with Crippen molar-refractivity contribution in [1.82, 2.24) is 9.88 Å². The summed E-state index contributed by atoms with van der Waals surface area (Å²) >= 11 is 1.46. The zero-order chi connectivity index (χ0) is 18.8. The first-order valence-electron chi connectivity index (χ1n) is 8.96. The number of thiazole rings is 1. The van der Waals surface area contributed by atoms with Gasteiger partial charge in [-0.3, -0.25) is 9.59 Å². The Kier molecular flexibility index (Phi) is 4.98. The summed E-state index contributed by atoms with van der Waals surface area (Å²) < 4.78 is 10.7. The summed E-state index contributed by atoms with van der Waals surface area (Å²) in [6.45, 7) is 1.11. The minimum atomic E-state index is -0.0616. The summed E-state index contributed by atoms with van der Waals surface area (Å²) in [5, 5.41) is 3.53. The predicted octanol–water partition coefficient (Wildman–Crippen LogP) is 2.46. The molecular weight excluding hydrogens is 366 g/mol. The van der Waals surface area contributed by atoms with E-state index in [9.17, 15) is 9.59 Å². The Morgan fingerprint density at radius 1 is 1.26 bits per heavy atom. The number of amides is 2. The van der Waals surface area contributed by atoms with Crippen LogP contribution in [-0.2, 0) is 22.6 Å². The lowest BCUT2D eigenvalue weighted by Gasteiger charge is -2.26. The Balaban J connectivity index is 1.32. The first-order chi connectivity index (χ1) is 13.1. The van der Waals surface area contributed by atoms with Gasteiger partial charge in [-0.1, -0.05) is 11.3 Å². The van der Waals surface area contributed by atoms with Crippen molar-refractivity contribution in [3.8, 4) is 11.5 Å². The van der Waals surface area contributed by atoms with Crippen molar-refractivity contribution in [1.29, 1.82) is 0 Å². The number of carbonyl (C=O) groups is 2. The highest BCUT2D eigenvalue weighted by molar-refractivity contribution is 7.15. The Morgan fingerprint density at radius 3 is 2.70 bits per heavy atom. The van der Waals surface area contributed by atoms with E-state index in [-0.39, 0.29) is 24.3 Å². The van der Waals surface area contributed by atoms with Crippen molar-refractivity contribution in [2.24, 2.45) is 5.92 Å². The van der Waals surface area contributed by atoms with E-state index in [1.54, 1.807) is 36.3 Å². The standard InChI is InChI=1S/C19H21N3O4S/c1-25-13-4-6-14(7-5-13)26-11-17(23)22-9-8-15-16(10-22)27-19(20-15)21-18(24)12-2-3-12/h4-7,12H,2-3,8-11H2,1H3,(H,20,21,24). The van der Waals surface area contributed by atoms with Crippen LogP contribution in [0.15, 0.2) is 24.3 Å². The number of methoxy groups -OCH3 is 1. The molecule has 0 atom stereocenters. The van der Waals surface area contributed by atoms with Crippen molar-refractivity contribution in [3.63, 3.8) is 0 Å². The van der Waals surface area contributed by atoms with E-state index in [0.29, 0.717) is 30.4 Å². The van der Waals surface area contributed by atoms with Gasteiger partial charge in [-0.05, 0) is 37.1 Å². The summed E-state index contributed by atoms with van der Waals surface area (Å²) in [7, 11) is 1.60. The molecular formula is C19H21N3O4S. The fraction of sp³-hybridized carbons (Fsp3) is 0.421. The number of ether oxygens (including phenoxy) is 2. The van der Waals surface area contributed by atoms with Crippen LogP contribution in [0.4, 0.5) is 5.13 Å². The molecule has 0 unspecified atom stereocenters. The molecule has 8 heteroatoms. The summed E-state index contributed by atoms with van der Waals surface area (Å²) in [5.74, 6) is 1.52. The van der Waals surface area contributed by atoms with Gasteiger partial charge in [0.25, 0.3) is 5.91 Å². The van der Waals surface area contributed by atoms with E-state index in [1.165, 1.54) is 11.3 Å². The number of hydrogen-bond donors (Lipinski definition) is 1. The molecule has 1 saturated carbocycles. The molecule has 142 valence electrons.